The zero-order valence-electron chi connectivity index (χ0n) is 17.4. The van der Waals surface area contributed by atoms with Crippen molar-refractivity contribution in [2.75, 3.05) is 0 Å². The molecule has 0 saturated heterocycles. The van der Waals surface area contributed by atoms with Crippen molar-refractivity contribution in [1.82, 2.24) is 0 Å². The Labute approximate surface area is 169 Å². The van der Waals surface area contributed by atoms with E-state index >= 15 is 0 Å². The molecule has 3 atom stereocenters. The van der Waals surface area contributed by atoms with Gasteiger partial charge < -0.3 is 4.43 Å². The van der Waals surface area contributed by atoms with Crippen LogP contribution in [0.25, 0.3) is 6.08 Å². The fourth-order valence-electron chi connectivity index (χ4n) is 4.66. The fourth-order valence-corrected chi connectivity index (χ4v) is 6.32. The van der Waals surface area contributed by atoms with Crippen molar-refractivity contribution in [3.05, 3.63) is 39.9 Å². The smallest absolute Gasteiger partial charge is 0.192 e. The Kier molecular flexibility index (Phi) is 5.65. The highest BCUT2D eigenvalue weighted by molar-refractivity contribution is 9.10. The zero-order chi connectivity index (χ0) is 19.2. The van der Waals surface area contributed by atoms with E-state index in [9.17, 15) is 0 Å². The minimum absolute atomic E-state index is 0.287. The van der Waals surface area contributed by atoms with E-state index in [1.807, 2.05) is 0 Å². The first-order chi connectivity index (χ1) is 12.0. The Hall–Kier alpha value is -0.383. The SMILES string of the molecule is CC(C)(C)[Si](C)(C)O[C@H]1CCC[C@]2(C)/C(=C/c3ccc(Br)cc3)CC[C@@H]12. The molecule has 144 valence electrons. The van der Waals surface area contributed by atoms with Gasteiger partial charge in [-0.05, 0) is 72.8 Å². The molecule has 1 aromatic rings. The maximum atomic E-state index is 6.94. The second-order valence-corrected chi connectivity index (χ2v) is 15.8. The number of hydrogen-bond acceptors (Lipinski definition) is 1. The topological polar surface area (TPSA) is 9.23 Å². The van der Waals surface area contributed by atoms with Crippen LogP contribution in [0.2, 0.25) is 18.1 Å². The highest BCUT2D eigenvalue weighted by Gasteiger charge is 2.51. The van der Waals surface area contributed by atoms with Crippen LogP contribution in [0.1, 0.15) is 65.4 Å². The van der Waals surface area contributed by atoms with Crippen LogP contribution in [0, 0.1) is 11.3 Å². The molecule has 0 radical (unpaired) electrons. The van der Waals surface area contributed by atoms with Gasteiger partial charge in [0, 0.05) is 10.6 Å². The zero-order valence-corrected chi connectivity index (χ0v) is 19.9. The van der Waals surface area contributed by atoms with E-state index < -0.39 is 8.32 Å². The Bertz CT molecular complexity index is 670. The molecule has 2 saturated carbocycles. The van der Waals surface area contributed by atoms with Gasteiger partial charge in [-0.3, -0.25) is 0 Å². The first kappa shape index (κ1) is 20.4. The molecule has 26 heavy (non-hydrogen) atoms. The van der Waals surface area contributed by atoms with Gasteiger partial charge in [0.25, 0.3) is 0 Å². The van der Waals surface area contributed by atoms with Crippen molar-refractivity contribution in [2.45, 2.75) is 84.0 Å². The molecule has 0 aliphatic heterocycles. The Balaban J connectivity index is 1.83. The summed E-state index contributed by atoms with van der Waals surface area (Å²) in [4.78, 5) is 0. The molecular weight excluding hydrogens is 400 g/mol. The quantitative estimate of drug-likeness (QED) is 0.440. The van der Waals surface area contributed by atoms with E-state index in [0.29, 0.717) is 17.4 Å². The third-order valence-corrected chi connectivity index (χ3v) is 12.4. The van der Waals surface area contributed by atoms with Gasteiger partial charge in [0.05, 0.1) is 0 Å². The number of allylic oxidation sites excluding steroid dienone is 1. The van der Waals surface area contributed by atoms with Crippen molar-refractivity contribution in [1.29, 1.82) is 0 Å². The lowest BCUT2D eigenvalue weighted by Gasteiger charge is -2.47. The Morgan fingerprint density at radius 2 is 1.81 bits per heavy atom. The van der Waals surface area contributed by atoms with Crippen LogP contribution in [0.4, 0.5) is 0 Å². The summed E-state index contributed by atoms with van der Waals surface area (Å²) in [6, 6.07) is 8.73. The summed E-state index contributed by atoms with van der Waals surface area (Å²) in [5.74, 6) is 0.687. The normalized spacial score (nSPS) is 31.3. The van der Waals surface area contributed by atoms with Gasteiger partial charge in [-0.25, -0.2) is 0 Å². The molecule has 2 fully saturated rings. The molecule has 3 rings (SSSR count). The van der Waals surface area contributed by atoms with E-state index in [-0.39, 0.29) is 5.04 Å². The predicted octanol–water partition coefficient (Wildman–Crippen LogP) is 7.82. The Morgan fingerprint density at radius 1 is 1.15 bits per heavy atom. The third-order valence-electron chi connectivity index (χ3n) is 7.37. The molecule has 0 bridgehead atoms. The summed E-state index contributed by atoms with van der Waals surface area (Å²) in [5, 5.41) is 0.287. The van der Waals surface area contributed by atoms with Crippen LogP contribution in [-0.2, 0) is 4.43 Å². The van der Waals surface area contributed by atoms with Crippen LogP contribution < -0.4 is 0 Å². The predicted molar refractivity (Wildman–Crippen MR) is 119 cm³/mol. The number of benzene rings is 1. The largest absolute Gasteiger partial charge is 0.414 e. The van der Waals surface area contributed by atoms with Gasteiger partial charge >= 0.3 is 0 Å². The summed E-state index contributed by atoms with van der Waals surface area (Å²) in [7, 11) is -1.71. The summed E-state index contributed by atoms with van der Waals surface area (Å²) in [6.45, 7) is 14.4. The molecule has 0 unspecified atom stereocenters. The molecule has 0 N–H and O–H groups in total. The van der Waals surface area contributed by atoms with Crippen molar-refractivity contribution in [2.24, 2.45) is 11.3 Å². The Morgan fingerprint density at radius 3 is 2.42 bits per heavy atom. The highest BCUT2D eigenvalue weighted by Crippen LogP contribution is 2.57. The molecule has 1 nitrogen and oxygen atoms in total. The average molecular weight is 436 g/mol. The van der Waals surface area contributed by atoms with Crippen LogP contribution >= 0.6 is 15.9 Å². The first-order valence-corrected chi connectivity index (χ1v) is 13.9. The van der Waals surface area contributed by atoms with Crippen molar-refractivity contribution in [3.63, 3.8) is 0 Å². The minimum atomic E-state index is -1.71. The van der Waals surface area contributed by atoms with Crippen LogP contribution in [0.5, 0.6) is 0 Å². The van der Waals surface area contributed by atoms with Crippen molar-refractivity contribution < 1.29 is 4.43 Å². The number of halogens is 1. The summed E-state index contributed by atoms with van der Waals surface area (Å²) in [5.41, 5.74) is 3.30. The second-order valence-electron chi connectivity index (χ2n) is 10.1. The molecule has 1 aromatic carbocycles. The van der Waals surface area contributed by atoms with E-state index in [0.717, 1.165) is 4.47 Å². The molecule has 0 amide bonds. The van der Waals surface area contributed by atoms with Gasteiger partial charge in [-0.15, -0.1) is 0 Å². The maximum absolute atomic E-state index is 6.94. The average Bonchev–Trinajstić information content (AvgIpc) is 2.86. The summed E-state index contributed by atoms with van der Waals surface area (Å²) < 4.78 is 8.09. The summed E-state index contributed by atoms with van der Waals surface area (Å²) in [6.07, 6.45) is 9.29. The van der Waals surface area contributed by atoms with Gasteiger partial charge in [-0.2, -0.15) is 0 Å². The number of hydrogen-bond donors (Lipinski definition) is 0. The van der Waals surface area contributed by atoms with E-state index in [2.05, 4.69) is 87.1 Å². The monoisotopic (exact) mass is 434 g/mol. The van der Waals surface area contributed by atoms with Gasteiger partial charge in [0.15, 0.2) is 8.32 Å². The minimum Gasteiger partial charge on any atom is -0.414 e. The molecule has 0 spiro atoms. The van der Waals surface area contributed by atoms with Crippen LogP contribution in [0.15, 0.2) is 34.3 Å². The van der Waals surface area contributed by atoms with Crippen molar-refractivity contribution in [3.8, 4) is 0 Å². The maximum Gasteiger partial charge on any atom is 0.192 e. The van der Waals surface area contributed by atoms with Gasteiger partial charge in [-0.1, -0.05) is 73.8 Å². The summed E-state index contributed by atoms with van der Waals surface area (Å²) >= 11 is 3.54. The molecular formula is C23H35BrOSi. The van der Waals surface area contributed by atoms with E-state index in [4.69, 9.17) is 4.43 Å². The lowest BCUT2D eigenvalue weighted by atomic mass is 9.66. The lowest BCUT2D eigenvalue weighted by molar-refractivity contribution is 0.0236. The molecule has 0 heterocycles. The molecule has 0 aromatic heterocycles. The van der Waals surface area contributed by atoms with E-state index in [1.54, 1.807) is 5.57 Å². The first-order valence-electron chi connectivity index (χ1n) is 10.2. The fraction of sp³-hybridized carbons (Fsp3) is 0.652. The number of rotatable bonds is 3. The molecule has 3 heteroatoms. The van der Waals surface area contributed by atoms with E-state index in [1.165, 1.54) is 37.7 Å². The highest BCUT2D eigenvalue weighted by atomic mass is 79.9. The standard InChI is InChI=1S/C23H35BrOSi/c1-22(2,3)26(5,6)25-21-8-7-15-23(4)18(11-14-20(21)23)16-17-9-12-19(24)13-10-17/h9-10,12-13,16,20-21H,7-8,11,14-15H2,1-6H3/b18-16+/t20-,21-,23+/m0/s1. The van der Waals surface area contributed by atoms with Gasteiger partial charge in [0.2, 0.25) is 0 Å². The molecule has 2 aliphatic carbocycles. The van der Waals surface area contributed by atoms with Gasteiger partial charge in [0.1, 0.15) is 0 Å². The second kappa shape index (κ2) is 7.22. The molecule has 2 aliphatic rings. The lowest BCUT2D eigenvalue weighted by Crippen LogP contribution is -2.49. The number of fused-ring (bicyclic) bond motifs is 1. The van der Waals surface area contributed by atoms with Crippen LogP contribution in [-0.4, -0.2) is 14.4 Å². The third kappa shape index (κ3) is 3.91. The van der Waals surface area contributed by atoms with Crippen molar-refractivity contribution >= 4 is 30.3 Å². The van der Waals surface area contributed by atoms with Crippen LogP contribution in [0.3, 0.4) is 0 Å².